The van der Waals surface area contributed by atoms with E-state index in [0.29, 0.717) is 5.92 Å². The molecule has 2 heteroatoms. The van der Waals surface area contributed by atoms with Crippen LogP contribution in [0.15, 0.2) is 29.6 Å². The summed E-state index contributed by atoms with van der Waals surface area (Å²) in [7, 11) is 0. The molecule has 2 aromatic rings. The Kier molecular flexibility index (Phi) is 3.90. The molecule has 0 saturated heterocycles. The first-order chi connectivity index (χ1) is 9.31. The molecule has 0 spiro atoms. The molecule has 1 aliphatic carbocycles. The van der Waals surface area contributed by atoms with E-state index in [1.165, 1.54) is 47.8 Å². The fraction of sp³-hybridized carbons (Fsp3) is 0.529. The van der Waals surface area contributed by atoms with E-state index in [0.717, 1.165) is 5.92 Å². The van der Waals surface area contributed by atoms with Gasteiger partial charge in [0.1, 0.15) is 0 Å². The van der Waals surface area contributed by atoms with Crippen LogP contribution < -0.4 is 5.73 Å². The highest BCUT2D eigenvalue weighted by molar-refractivity contribution is 7.17. The molecule has 0 amide bonds. The van der Waals surface area contributed by atoms with E-state index in [4.69, 9.17) is 5.73 Å². The van der Waals surface area contributed by atoms with Gasteiger partial charge in [0.2, 0.25) is 0 Å². The van der Waals surface area contributed by atoms with Gasteiger partial charge < -0.3 is 5.73 Å². The van der Waals surface area contributed by atoms with Crippen molar-refractivity contribution < 1.29 is 0 Å². The van der Waals surface area contributed by atoms with E-state index in [9.17, 15) is 0 Å². The van der Waals surface area contributed by atoms with Crippen LogP contribution in [0.3, 0.4) is 0 Å². The maximum absolute atomic E-state index is 6.65. The minimum Gasteiger partial charge on any atom is -0.324 e. The summed E-state index contributed by atoms with van der Waals surface area (Å²) in [5.41, 5.74) is 8.03. The third-order valence-corrected chi connectivity index (χ3v) is 5.81. The lowest BCUT2D eigenvalue weighted by atomic mass is 9.72. The van der Waals surface area contributed by atoms with Gasteiger partial charge in [-0.05, 0) is 40.7 Å². The lowest BCUT2D eigenvalue weighted by molar-refractivity contribution is 0.197. The third kappa shape index (κ3) is 2.44. The van der Waals surface area contributed by atoms with Gasteiger partial charge >= 0.3 is 0 Å². The summed E-state index contributed by atoms with van der Waals surface area (Å²) in [6, 6.07) is 8.90. The third-order valence-electron chi connectivity index (χ3n) is 4.82. The molecule has 2 N–H and O–H groups in total. The molecule has 0 aliphatic heterocycles. The quantitative estimate of drug-likeness (QED) is 0.825. The number of benzene rings is 1. The van der Waals surface area contributed by atoms with Gasteiger partial charge in [0.15, 0.2) is 0 Å². The van der Waals surface area contributed by atoms with Crippen LogP contribution in [0.2, 0.25) is 0 Å². The Morgan fingerprint density at radius 2 is 2.05 bits per heavy atom. The Morgan fingerprint density at radius 1 is 1.26 bits per heavy atom. The number of hydrogen-bond acceptors (Lipinski definition) is 2. The summed E-state index contributed by atoms with van der Waals surface area (Å²) >= 11 is 1.84. The predicted molar refractivity (Wildman–Crippen MR) is 84.5 cm³/mol. The molecule has 1 aliphatic rings. The zero-order chi connectivity index (χ0) is 13.2. The zero-order valence-corrected chi connectivity index (χ0v) is 12.5. The smallest absolute Gasteiger partial charge is 0.0346 e. The standard InChI is InChI=1S/C17H23NS/c1-2-12-7-3-4-8-13(12)17(18)15-11-19-16-10-6-5-9-14(15)16/h5-6,9-13,17H,2-4,7-8,18H2,1H3. The molecule has 1 heterocycles. The van der Waals surface area contributed by atoms with Crippen LogP contribution in [0.1, 0.15) is 50.6 Å². The van der Waals surface area contributed by atoms with Crippen LogP contribution >= 0.6 is 11.3 Å². The number of rotatable bonds is 3. The van der Waals surface area contributed by atoms with Gasteiger partial charge in [-0.2, -0.15) is 0 Å². The van der Waals surface area contributed by atoms with Crippen molar-refractivity contribution in [1.29, 1.82) is 0 Å². The Bertz CT molecular complexity index is 545. The molecule has 3 rings (SSSR count). The lowest BCUT2D eigenvalue weighted by Gasteiger charge is -2.35. The van der Waals surface area contributed by atoms with E-state index in [-0.39, 0.29) is 6.04 Å². The molecule has 1 aromatic carbocycles. The average molecular weight is 273 g/mol. The number of hydrogen-bond donors (Lipinski definition) is 1. The topological polar surface area (TPSA) is 26.0 Å². The van der Waals surface area contributed by atoms with E-state index in [1.54, 1.807) is 0 Å². The van der Waals surface area contributed by atoms with E-state index >= 15 is 0 Å². The molecule has 1 nitrogen and oxygen atoms in total. The van der Waals surface area contributed by atoms with Gasteiger partial charge in [0.05, 0.1) is 0 Å². The zero-order valence-electron chi connectivity index (χ0n) is 11.6. The Hall–Kier alpha value is -0.860. The molecular weight excluding hydrogens is 250 g/mol. The van der Waals surface area contributed by atoms with Crippen molar-refractivity contribution in [3.63, 3.8) is 0 Å². The van der Waals surface area contributed by atoms with Crippen LogP contribution in [-0.2, 0) is 0 Å². The molecular formula is C17H23NS. The average Bonchev–Trinajstić information content (AvgIpc) is 2.90. The first-order valence-corrected chi connectivity index (χ1v) is 8.41. The summed E-state index contributed by atoms with van der Waals surface area (Å²) in [5, 5.41) is 3.66. The van der Waals surface area contributed by atoms with Crippen LogP contribution in [0, 0.1) is 11.8 Å². The molecule has 102 valence electrons. The summed E-state index contributed by atoms with van der Waals surface area (Å²) in [6.45, 7) is 2.32. The molecule has 3 atom stereocenters. The minimum atomic E-state index is 0.224. The Morgan fingerprint density at radius 3 is 2.89 bits per heavy atom. The van der Waals surface area contributed by atoms with Crippen LogP contribution in [0.25, 0.3) is 10.1 Å². The second-order valence-electron chi connectivity index (χ2n) is 5.83. The molecule has 3 unspecified atom stereocenters. The van der Waals surface area contributed by atoms with Crippen molar-refractivity contribution >= 4 is 21.4 Å². The van der Waals surface area contributed by atoms with Crippen molar-refractivity contribution in [3.8, 4) is 0 Å². The summed E-state index contributed by atoms with van der Waals surface area (Å²) in [5.74, 6) is 1.50. The maximum atomic E-state index is 6.65. The second-order valence-corrected chi connectivity index (χ2v) is 6.74. The first-order valence-electron chi connectivity index (χ1n) is 7.53. The van der Waals surface area contributed by atoms with Crippen LogP contribution in [-0.4, -0.2) is 0 Å². The molecule has 19 heavy (non-hydrogen) atoms. The second kappa shape index (κ2) is 5.64. The fourth-order valence-electron chi connectivity index (χ4n) is 3.70. The first kappa shape index (κ1) is 13.1. The molecule has 1 saturated carbocycles. The molecule has 1 aromatic heterocycles. The molecule has 1 fully saturated rings. The van der Waals surface area contributed by atoms with E-state index in [2.05, 4.69) is 36.6 Å². The van der Waals surface area contributed by atoms with Gasteiger partial charge in [-0.3, -0.25) is 0 Å². The number of thiophene rings is 1. The van der Waals surface area contributed by atoms with Crippen molar-refractivity contribution in [2.24, 2.45) is 17.6 Å². The predicted octanol–water partition coefficient (Wildman–Crippen LogP) is 5.12. The SMILES string of the molecule is CCC1CCCCC1C(N)c1csc2ccccc12. The number of fused-ring (bicyclic) bond motifs is 1. The maximum Gasteiger partial charge on any atom is 0.0346 e. The lowest BCUT2D eigenvalue weighted by Crippen LogP contribution is -2.30. The van der Waals surface area contributed by atoms with Crippen LogP contribution in [0.4, 0.5) is 0 Å². The van der Waals surface area contributed by atoms with Gasteiger partial charge in [-0.15, -0.1) is 11.3 Å². The number of nitrogens with two attached hydrogens (primary N) is 1. The van der Waals surface area contributed by atoms with Gasteiger partial charge in [-0.1, -0.05) is 50.8 Å². The van der Waals surface area contributed by atoms with Crippen molar-refractivity contribution in [2.75, 3.05) is 0 Å². The molecule has 0 bridgehead atoms. The highest BCUT2D eigenvalue weighted by Gasteiger charge is 2.30. The van der Waals surface area contributed by atoms with Crippen molar-refractivity contribution in [2.45, 2.75) is 45.1 Å². The van der Waals surface area contributed by atoms with Crippen molar-refractivity contribution in [3.05, 3.63) is 35.2 Å². The molecule has 0 radical (unpaired) electrons. The normalized spacial score (nSPS) is 25.6. The summed E-state index contributed by atoms with van der Waals surface area (Å²) in [6.07, 6.45) is 6.71. The monoisotopic (exact) mass is 273 g/mol. The van der Waals surface area contributed by atoms with Gasteiger partial charge in [0.25, 0.3) is 0 Å². The van der Waals surface area contributed by atoms with Crippen LogP contribution in [0.5, 0.6) is 0 Å². The fourth-order valence-corrected chi connectivity index (χ4v) is 4.71. The summed E-state index contributed by atoms with van der Waals surface area (Å²) in [4.78, 5) is 0. The van der Waals surface area contributed by atoms with Crippen molar-refractivity contribution in [1.82, 2.24) is 0 Å². The minimum absolute atomic E-state index is 0.224. The van der Waals surface area contributed by atoms with E-state index < -0.39 is 0 Å². The van der Waals surface area contributed by atoms with Gasteiger partial charge in [-0.25, -0.2) is 0 Å². The highest BCUT2D eigenvalue weighted by atomic mass is 32.1. The highest BCUT2D eigenvalue weighted by Crippen LogP contribution is 2.41. The summed E-state index contributed by atoms with van der Waals surface area (Å²) < 4.78 is 1.37. The van der Waals surface area contributed by atoms with E-state index in [1.807, 2.05) is 11.3 Å². The Labute approximate surface area is 119 Å². The Balaban J connectivity index is 1.92. The van der Waals surface area contributed by atoms with Gasteiger partial charge in [0, 0.05) is 10.7 Å². The largest absolute Gasteiger partial charge is 0.324 e.